The molecule has 0 saturated heterocycles. The average molecular weight is 274 g/mol. The number of rotatable bonds is 3. The van der Waals surface area contributed by atoms with Gasteiger partial charge in [-0.15, -0.1) is 0 Å². The molecule has 0 aromatic heterocycles. The standard InChI is InChI=1S/C17H26N2O/c1-12-9-13(2)15(14(3)10-12)11-19-16(20)17(18)7-5-4-6-8-17/h9-10H,4-8,11,18H2,1-3H3,(H,19,20). The second-order valence-corrected chi connectivity index (χ2v) is 6.28. The van der Waals surface area contributed by atoms with Crippen LogP contribution in [-0.4, -0.2) is 11.4 Å². The van der Waals surface area contributed by atoms with Gasteiger partial charge in [-0.2, -0.15) is 0 Å². The number of benzene rings is 1. The Balaban J connectivity index is 2.03. The lowest BCUT2D eigenvalue weighted by Crippen LogP contribution is -2.54. The zero-order valence-corrected chi connectivity index (χ0v) is 12.9. The zero-order valence-electron chi connectivity index (χ0n) is 12.9. The van der Waals surface area contributed by atoms with E-state index in [1.54, 1.807) is 0 Å². The van der Waals surface area contributed by atoms with Crippen LogP contribution in [0.15, 0.2) is 12.1 Å². The van der Waals surface area contributed by atoms with Crippen LogP contribution >= 0.6 is 0 Å². The van der Waals surface area contributed by atoms with Gasteiger partial charge >= 0.3 is 0 Å². The van der Waals surface area contributed by atoms with Crippen molar-refractivity contribution in [2.45, 2.75) is 65.0 Å². The van der Waals surface area contributed by atoms with Crippen molar-refractivity contribution in [3.8, 4) is 0 Å². The number of nitrogens with one attached hydrogen (secondary N) is 1. The van der Waals surface area contributed by atoms with E-state index in [4.69, 9.17) is 5.73 Å². The first-order valence-corrected chi connectivity index (χ1v) is 7.56. The predicted molar refractivity (Wildman–Crippen MR) is 82.5 cm³/mol. The van der Waals surface area contributed by atoms with E-state index in [2.05, 4.69) is 38.2 Å². The molecule has 0 radical (unpaired) electrons. The van der Waals surface area contributed by atoms with Crippen LogP contribution in [0.4, 0.5) is 0 Å². The molecule has 1 aliphatic rings. The Morgan fingerprint density at radius 3 is 2.25 bits per heavy atom. The third-order valence-electron chi connectivity index (χ3n) is 4.46. The Bertz CT molecular complexity index is 479. The Labute approximate surface area is 121 Å². The van der Waals surface area contributed by atoms with E-state index in [-0.39, 0.29) is 5.91 Å². The van der Waals surface area contributed by atoms with Crippen LogP contribution < -0.4 is 11.1 Å². The third-order valence-corrected chi connectivity index (χ3v) is 4.46. The summed E-state index contributed by atoms with van der Waals surface area (Å²) in [5.74, 6) is 0.0107. The van der Waals surface area contributed by atoms with E-state index in [9.17, 15) is 4.79 Å². The predicted octanol–water partition coefficient (Wildman–Crippen LogP) is 2.89. The van der Waals surface area contributed by atoms with E-state index in [0.717, 1.165) is 25.7 Å². The fourth-order valence-corrected chi connectivity index (χ4v) is 3.24. The molecule has 1 aromatic rings. The second-order valence-electron chi connectivity index (χ2n) is 6.28. The summed E-state index contributed by atoms with van der Waals surface area (Å²) in [5, 5.41) is 3.05. The normalized spacial score (nSPS) is 17.8. The maximum absolute atomic E-state index is 12.3. The van der Waals surface area contributed by atoms with Crippen molar-refractivity contribution in [1.29, 1.82) is 0 Å². The van der Waals surface area contributed by atoms with E-state index >= 15 is 0 Å². The van der Waals surface area contributed by atoms with Gasteiger partial charge in [-0.1, -0.05) is 37.0 Å². The molecule has 0 heterocycles. The molecule has 3 N–H and O–H groups in total. The molecule has 20 heavy (non-hydrogen) atoms. The van der Waals surface area contributed by atoms with E-state index in [1.807, 2.05) is 0 Å². The van der Waals surface area contributed by atoms with Gasteiger partial charge in [0.1, 0.15) is 0 Å². The SMILES string of the molecule is Cc1cc(C)c(CNC(=O)C2(N)CCCCC2)c(C)c1. The second kappa shape index (κ2) is 5.96. The zero-order chi connectivity index (χ0) is 14.8. The minimum atomic E-state index is -0.648. The maximum atomic E-state index is 12.3. The smallest absolute Gasteiger partial charge is 0.240 e. The number of aryl methyl sites for hydroxylation is 3. The molecule has 1 saturated carbocycles. The van der Waals surface area contributed by atoms with Gasteiger partial charge in [-0.25, -0.2) is 0 Å². The van der Waals surface area contributed by atoms with E-state index in [0.29, 0.717) is 6.54 Å². The highest BCUT2D eigenvalue weighted by Gasteiger charge is 2.34. The average Bonchev–Trinajstić information content (AvgIpc) is 2.38. The number of nitrogens with two attached hydrogens (primary N) is 1. The Kier molecular flexibility index (Phi) is 4.48. The van der Waals surface area contributed by atoms with Gasteiger partial charge in [0.05, 0.1) is 5.54 Å². The topological polar surface area (TPSA) is 55.1 Å². The van der Waals surface area contributed by atoms with Crippen LogP contribution in [0.25, 0.3) is 0 Å². The highest BCUT2D eigenvalue weighted by Crippen LogP contribution is 2.26. The lowest BCUT2D eigenvalue weighted by Gasteiger charge is -2.32. The summed E-state index contributed by atoms with van der Waals surface area (Å²) in [4.78, 5) is 12.3. The Hall–Kier alpha value is -1.35. The summed E-state index contributed by atoms with van der Waals surface area (Å²) < 4.78 is 0. The van der Waals surface area contributed by atoms with Crippen molar-refractivity contribution >= 4 is 5.91 Å². The van der Waals surface area contributed by atoms with E-state index < -0.39 is 5.54 Å². The van der Waals surface area contributed by atoms with Crippen molar-refractivity contribution < 1.29 is 4.79 Å². The first-order chi connectivity index (χ1) is 9.42. The number of carbonyl (C=O) groups is 1. The fraction of sp³-hybridized carbons (Fsp3) is 0.588. The minimum Gasteiger partial charge on any atom is -0.350 e. The van der Waals surface area contributed by atoms with Crippen molar-refractivity contribution in [2.75, 3.05) is 0 Å². The van der Waals surface area contributed by atoms with Gasteiger partial charge in [-0.05, 0) is 50.3 Å². The van der Waals surface area contributed by atoms with Gasteiger partial charge in [0, 0.05) is 6.54 Å². The molecule has 1 aromatic carbocycles. The molecule has 1 amide bonds. The van der Waals surface area contributed by atoms with E-state index in [1.165, 1.54) is 28.7 Å². The van der Waals surface area contributed by atoms with Crippen LogP contribution in [0.3, 0.4) is 0 Å². The molecular weight excluding hydrogens is 248 g/mol. The highest BCUT2D eigenvalue weighted by atomic mass is 16.2. The molecule has 3 heteroatoms. The van der Waals surface area contributed by atoms with Crippen molar-refractivity contribution in [3.05, 3.63) is 34.4 Å². The van der Waals surface area contributed by atoms with Gasteiger partial charge < -0.3 is 11.1 Å². The van der Waals surface area contributed by atoms with Crippen molar-refractivity contribution in [3.63, 3.8) is 0 Å². The summed E-state index contributed by atoms with van der Waals surface area (Å²) in [6.07, 6.45) is 4.94. The number of carbonyl (C=O) groups excluding carboxylic acids is 1. The van der Waals surface area contributed by atoms with Gasteiger partial charge in [0.25, 0.3) is 0 Å². The molecule has 0 aliphatic heterocycles. The molecule has 1 aliphatic carbocycles. The third kappa shape index (κ3) is 3.21. The molecule has 3 nitrogen and oxygen atoms in total. The lowest BCUT2D eigenvalue weighted by molar-refractivity contribution is -0.127. The Morgan fingerprint density at radius 2 is 1.70 bits per heavy atom. The molecule has 1 fully saturated rings. The highest BCUT2D eigenvalue weighted by molar-refractivity contribution is 5.86. The summed E-state index contributed by atoms with van der Waals surface area (Å²) in [6, 6.07) is 4.32. The molecule has 0 atom stereocenters. The summed E-state index contributed by atoms with van der Waals surface area (Å²) in [5.41, 5.74) is 10.5. The van der Waals surface area contributed by atoms with Crippen molar-refractivity contribution in [2.24, 2.45) is 5.73 Å². The summed E-state index contributed by atoms with van der Waals surface area (Å²) in [6.45, 7) is 6.87. The van der Waals surface area contributed by atoms with Gasteiger partial charge in [0.15, 0.2) is 0 Å². The molecule has 2 rings (SSSR count). The summed E-state index contributed by atoms with van der Waals surface area (Å²) in [7, 11) is 0. The molecule has 0 spiro atoms. The lowest BCUT2D eigenvalue weighted by atomic mass is 9.82. The Morgan fingerprint density at radius 1 is 1.15 bits per heavy atom. The molecule has 110 valence electrons. The van der Waals surface area contributed by atoms with Crippen LogP contribution in [0.2, 0.25) is 0 Å². The number of hydrogen-bond acceptors (Lipinski definition) is 2. The first kappa shape index (κ1) is 15.0. The van der Waals surface area contributed by atoms with Gasteiger partial charge in [0.2, 0.25) is 5.91 Å². The van der Waals surface area contributed by atoms with Crippen LogP contribution in [0.5, 0.6) is 0 Å². The monoisotopic (exact) mass is 274 g/mol. The maximum Gasteiger partial charge on any atom is 0.240 e. The van der Waals surface area contributed by atoms with Crippen LogP contribution in [0, 0.1) is 20.8 Å². The largest absolute Gasteiger partial charge is 0.350 e. The molecule has 0 bridgehead atoms. The molecular formula is C17H26N2O. The number of amides is 1. The molecule has 0 unspecified atom stereocenters. The number of hydrogen-bond donors (Lipinski definition) is 2. The van der Waals surface area contributed by atoms with Crippen LogP contribution in [-0.2, 0) is 11.3 Å². The van der Waals surface area contributed by atoms with Gasteiger partial charge in [-0.3, -0.25) is 4.79 Å². The van der Waals surface area contributed by atoms with Crippen molar-refractivity contribution in [1.82, 2.24) is 5.32 Å². The van der Waals surface area contributed by atoms with Crippen LogP contribution in [0.1, 0.15) is 54.4 Å². The summed E-state index contributed by atoms with van der Waals surface area (Å²) >= 11 is 0. The minimum absolute atomic E-state index is 0.0107. The first-order valence-electron chi connectivity index (χ1n) is 7.56. The quantitative estimate of drug-likeness (QED) is 0.890. The fourth-order valence-electron chi connectivity index (χ4n) is 3.24.